The Labute approximate surface area is 229 Å². The minimum absolute atomic E-state index is 0.0473. The van der Waals surface area contributed by atoms with Gasteiger partial charge in [0.25, 0.3) is 6.01 Å². The molecule has 1 N–H and O–H groups in total. The number of carbonyl (C=O) groups excluding carboxylic acids is 2. The Morgan fingerprint density at radius 1 is 1.12 bits per heavy atom. The normalized spacial score (nSPS) is 21.3. The second-order valence-corrected chi connectivity index (χ2v) is 10.4. The highest BCUT2D eigenvalue weighted by Crippen LogP contribution is 2.35. The fraction of sp³-hybridized carbons (Fsp3) is 0.483. The number of nitrogens with zero attached hydrogens (tertiary/aromatic N) is 2. The number of ketones is 1. The van der Waals surface area contributed by atoms with Crippen molar-refractivity contribution >= 4 is 34.6 Å². The summed E-state index contributed by atoms with van der Waals surface area (Å²) in [6.07, 6.45) is 2.09. The summed E-state index contributed by atoms with van der Waals surface area (Å²) in [5.41, 5.74) is 0.690. The van der Waals surface area contributed by atoms with Crippen LogP contribution in [0.25, 0.3) is 11.1 Å². The average Bonchev–Trinajstić information content (AvgIpc) is 3.64. The Kier molecular flexibility index (Phi) is 8.14. The predicted molar refractivity (Wildman–Crippen MR) is 141 cm³/mol. The summed E-state index contributed by atoms with van der Waals surface area (Å²) in [7, 11) is 1.33. The maximum absolute atomic E-state index is 16.5. The summed E-state index contributed by atoms with van der Waals surface area (Å²) in [4.78, 5) is 30.9. The minimum atomic E-state index is -2.72. The molecule has 0 spiro atoms. The molecule has 5 rings (SSSR count). The van der Waals surface area contributed by atoms with E-state index in [9.17, 15) is 14.0 Å². The standard InChI is InChI=1S/C29H32F3N3O5/c1-17-21(30)6-5-7-22(17)33-28-34-23-13-10-19(25(31)26(23)39-28)16-24(36)29(32,35-14-3-4-15-35)40-20-11-8-18(9-12-20)27(37)38-2/h5-7,10,13,18,20H,3-4,8-9,11-12,14-16H2,1-2H3,(H,33,34)/t18-,20-,29?. The Morgan fingerprint density at radius 3 is 2.55 bits per heavy atom. The highest BCUT2D eigenvalue weighted by molar-refractivity contribution is 5.88. The summed E-state index contributed by atoms with van der Waals surface area (Å²) in [5.74, 6) is -5.44. The monoisotopic (exact) mass is 559 g/mol. The third-order valence-electron chi connectivity index (χ3n) is 7.83. The zero-order chi connectivity index (χ0) is 28.4. The molecule has 0 radical (unpaired) electrons. The third kappa shape index (κ3) is 5.57. The first-order chi connectivity index (χ1) is 19.2. The quantitative estimate of drug-likeness (QED) is 0.262. The van der Waals surface area contributed by atoms with Crippen molar-refractivity contribution in [1.29, 1.82) is 0 Å². The van der Waals surface area contributed by atoms with E-state index in [1.807, 2.05) is 0 Å². The van der Waals surface area contributed by atoms with Crippen molar-refractivity contribution in [2.75, 3.05) is 25.5 Å². The summed E-state index contributed by atoms with van der Waals surface area (Å²) in [6.45, 7) is 2.27. The smallest absolute Gasteiger partial charge is 0.330 e. The Bertz CT molecular complexity index is 1400. The molecule has 8 nitrogen and oxygen atoms in total. The second-order valence-electron chi connectivity index (χ2n) is 10.4. The molecule has 214 valence electrons. The van der Waals surface area contributed by atoms with Gasteiger partial charge in [0.2, 0.25) is 5.78 Å². The van der Waals surface area contributed by atoms with Crippen LogP contribution in [0.5, 0.6) is 0 Å². The topological polar surface area (TPSA) is 93.9 Å². The van der Waals surface area contributed by atoms with Crippen LogP contribution in [-0.4, -0.2) is 53.9 Å². The molecule has 2 aliphatic rings. The van der Waals surface area contributed by atoms with Crippen LogP contribution < -0.4 is 5.32 Å². The molecule has 1 aliphatic carbocycles. The highest BCUT2D eigenvalue weighted by atomic mass is 19.2. The maximum atomic E-state index is 16.5. The number of carbonyl (C=O) groups is 2. The van der Waals surface area contributed by atoms with E-state index >= 15 is 8.78 Å². The second kappa shape index (κ2) is 11.6. The third-order valence-corrected chi connectivity index (χ3v) is 7.83. The number of methoxy groups -OCH3 is 1. The van der Waals surface area contributed by atoms with Gasteiger partial charge in [0.15, 0.2) is 11.4 Å². The van der Waals surface area contributed by atoms with Crippen LogP contribution in [0.1, 0.15) is 49.7 Å². The van der Waals surface area contributed by atoms with Crippen molar-refractivity contribution in [3.8, 4) is 0 Å². The Balaban J connectivity index is 1.34. The van der Waals surface area contributed by atoms with E-state index in [1.165, 1.54) is 36.3 Å². The predicted octanol–water partition coefficient (Wildman–Crippen LogP) is 5.74. The van der Waals surface area contributed by atoms with Crippen LogP contribution in [-0.2, 0) is 25.5 Å². The summed E-state index contributed by atoms with van der Waals surface area (Å²) in [6, 6.07) is 7.29. The van der Waals surface area contributed by atoms with Gasteiger partial charge in [-0.1, -0.05) is 12.1 Å². The number of benzene rings is 2. The molecule has 0 bridgehead atoms. The van der Waals surface area contributed by atoms with Crippen LogP contribution >= 0.6 is 0 Å². The number of fused-ring (bicyclic) bond motifs is 1. The van der Waals surface area contributed by atoms with E-state index in [4.69, 9.17) is 13.9 Å². The van der Waals surface area contributed by atoms with Crippen LogP contribution in [0.2, 0.25) is 0 Å². The number of nitrogens with one attached hydrogen (secondary N) is 1. The van der Waals surface area contributed by atoms with E-state index in [1.54, 1.807) is 13.0 Å². The molecule has 1 aromatic heterocycles. The molecule has 3 aromatic rings. The fourth-order valence-electron chi connectivity index (χ4n) is 5.46. The number of esters is 1. The molecule has 1 atom stereocenters. The van der Waals surface area contributed by atoms with E-state index in [0.717, 1.165) is 12.8 Å². The van der Waals surface area contributed by atoms with Gasteiger partial charge in [0, 0.05) is 30.8 Å². The van der Waals surface area contributed by atoms with Crippen LogP contribution in [0, 0.1) is 24.5 Å². The molecule has 40 heavy (non-hydrogen) atoms. The van der Waals surface area contributed by atoms with Crippen molar-refractivity contribution < 1.29 is 36.7 Å². The van der Waals surface area contributed by atoms with Gasteiger partial charge >= 0.3 is 11.9 Å². The van der Waals surface area contributed by atoms with Gasteiger partial charge in [0.05, 0.1) is 19.1 Å². The highest BCUT2D eigenvalue weighted by Gasteiger charge is 2.49. The Morgan fingerprint density at radius 2 is 1.85 bits per heavy atom. The molecular formula is C29H32F3N3O5. The van der Waals surface area contributed by atoms with Gasteiger partial charge in [-0.15, -0.1) is 0 Å². The van der Waals surface area contributed by atoms with Crippen molar-refractivity contribution in [3.63, 3.8) is 0 Å². The van der Waals surface area contributed by atoms with Crippen LogP contribution in [0.15, 0.2) is 34.7 Å². The maximum Gasteiger partial charge on any atom is 0.330 e. The molecule has 1 saturated heterocycles. The summed E-state index contributed by atoms with van der Waals surface area (Å²) >= 11 is 0. The lowest BCUT2D eigenvalue weighted by Crippen LogP contribution is -2.54. The number of hydrogen-bond acceptors (Lipinski definition) is 8. The number of oxazole rings is 1. The Hall–Kier alpha value is -3.44. The lowest BCUT2D eigenvalue weighted by Gasteiger charge is -2.37. The lowest BCUT2D eigenvalue weighted by atomic mass is 9.87. The molecule has 2 heterocycles. The van der Waals surface area contributed by atoms with E-state index in [-0.39, 0.29) is 34.6 Å². The van der Waals surface area contributed by atoms with Gasteiger partial charge in [-0.3, -0.25) is 9.59 Å². The number of rotatable bonds is 9. The zero-order valence-corrected chi connectivity index (χ0v) is 22.5. The average molecular weight is 560 g/mol. The van der Waals surface area contributed by atoms with Crippen LogP contribution in [0.3, 0.4) is 0 Å². The number of likely N-dealkylation sites (tertiary alicyclic amines) is 1. The molecule has 2 aromatic carbocycles. The zero-order valence-electron chi connectivity index (χ0n) is 22.5. The van der Waals surface area contributed by atoms with E-state index < -0.39 is 35.9 Å². The molecule has 1 saturated carbocycles. The number of hydrogen-bond donors (Lipinski definition) is 1. The molecule has 1 unspecified atom stereocenters. The first kappa shape index (κ1) is 28.1. The largest absolute Gasteiger partial charge is 0.469 e. The van der Waals surface area contributed by atoms with Crippen molar-refractivity contribution in [3.05, 3.63) is 53.1 Å². The lowest BCUT2D eigenvalue weighted by molar-refractivity contribution is -0.252. The van der Waals surface area contributed by atoms with Crippen molar-refractivity contribution in [2.45, 2.75) is 64.0 Å². The molecule has 2 fully saturated rings. The van der Waals surface area contributed by atoms with Gasteiger partial charge in [-0.25, -0.2) is 13.7 Å². The van der Waals surface area contributed by atoms with Gasteiger partial charge in [-0.05, 0) is 69.2 Å². The fourth-order valence-corrected chi connectivity index (χ4v) is 5.46. The van der Waals surface area contributed by atoms with Crippen molar-refractivity contribution in [2.24, 2.45) is 5.92 Å². The first-order valence-electron chi connectivity index (χ1n) is 13.5. The molecule has 1 aliphatic heterocycles. The van der Waals surface area contributed by atoms with Gasteiger partial charge in [-0.2, -0.15) is 9.37 Å². The number of halogens is 3. The number of ether oxygens (including phenoxy) is 2. The molecule has 0 amide bonds. The van der Waals surface area contributed by atoms with Gasteiger partial charge in [0.1, 0.15) is 11.3 Å². The summed E-state index contributed by atoms with van der Waals surface area (Å²) in [5, 5.41) is 2.84. The van der Waals surface area contributed by atoms with E-state index in [0.29, 0.717) is 50.0 Å². The number of aromatic nitrogens is 1. The molecular weight excluding hydrogens is 527 g/mol. The SMILES string of the molecule is COC(=O)[C@H]1CC[C@H](OC(F)(C(=O)Cc2ccc3nc(Nc4cccc(F)c4C)oc3c2F)N2CCCC2)CC1. The summed E-state index contributed by atoms with van der Waals surface area (Å²) < 4.78 is 62.1. The molecule has 11 heteroatoms. The number of alkyl halides is 1. The van der Waals surface area contributed by atoms with Gasteiger partial charge < -0.3 is 19.2 Å². The van der Waals surface area contributed by atoms with Crippen LogP contribution in [0.4, 0.5) is 24.9 Å². The van der Waals surface area contributed by atoms with Crippen molar-refractivity contribution in [1.82, 2.24) is 9.88 Å². The van der Waals surface area contributed by atoms with E-state index in [2.05, 4.69) is 10.3 Å². The minimum Gasteiger partial charge on any atom is -0.469 e. The first-order valence-corrected chi connectivity index (χ1v) is 13.5. The number of Topliss-reactive ketones (excluding diaryl/α,β-unsaturated/α-hetero) is 1. The number of anilines is 2.